The molecule has 0 aliphatic rings. The molecule has 0 heterocycles. The molecule has 0 saturated heterocycles. The van der Waals surface area contributed by atoms with Crippen LogP contribution in [0.2, 0.25) is 0 Å². The van der Waals surface area contributed by atoms with E-state index in [9.17, 15) is 0 Å². The standard InChI is InChI=1S/C6H13N3/c1-5(2)6(3-7)4-9-8/h3-5H,7-8H2,1-2H3/b6-3+,9-4-. The van der Waals surface area contributed by atoms with E-state index in [4.69, 9.17) is 11.6 Å². The predicted molar refractivity (Wildman–Crippen MR) is 39.8 cm³/mol. The van der Waals surface area contributed by atoms with Crippen molar-refractivity contribution in [2.75, 3.05) is 0 Å². The van der Waals surface area contributed by atoms with Crippen LogP contribution in [0.25, 0.3) is 0 Å². The average Bonchev–Trinajstić information content (AvgIpc) is 1.82. The van der Waals surface area contributed by atoms with E-state index < -0.39 is 0 Å². The molecule has 0 amide bonds. The summed E-state index contributed by atoms with van der Waals surface area (Å²) in [5.74, 6) is 5.31. The molecule has 52 valence electrons. The SMILES string of the molecule is CC(C)C(/C=N\N)=C/N. The lowest BCUT2D eigenvalue weighted by molar-refractivity contribution is 0.802. The second-order valence-corrected chi connectivity index (χ2v) is 2.10. The van der Waals surface area contributed by atoms with Crippen LogP contribution in [-0.4, -0.2) is 6.21 Å². The van der Waals surface area contributed by atoms with Gasteiger partial charge in [-0.05, 0) is 17.7 Å². The summed E-state index contributed by atoms with van der Waals surface area (Å²) in [5, 5.41) is 3.35. The average molecular weight is 127 g/mol. The van der Waals surface area contributed by atoms with E-state index in [1.807, 2.05) is 13.8 Å². The summed E-state index contributed by atoms with van der Waals surface area (Å²) in [5.41, 5.74) is 6.21. The van der Waals surface area contributed by atoms with Gasteiger partial charge in [-0.2, -0.15) is 5.10 Å². The van der Waals surface area contributed by atoms with Gasteiger partial charge in [0.1, 0.15) is 0 Å². The van der Waals surface area contributed by atoms with Crippen molar-refractivity contribution in [3.05, 3.63) is 11.8 Å². The van der Waals surface area contributed by atoms with Gasteiger partial charge in [0.05, 0.1) is 6.21 Å². The van der Waals surface area contributed by atoms with Crippen LogP contribution < -0.4 is 11.6 Å². The first-order chi connectivity index (χ1) is 4.22. The van der Waals surface area contributed by atoms with Gasteiger partial charge in [-0.1, -0.05) is 13.8 Å². The molecule has 0 bridgehead atoms. The molecule has 0 radical (unpaired) electrons. The fourth-order valence-electron chi connectivity index (χ4n) is 0.471. The van der Waals surface area contributed by atoms with E-state index in [2.05, 4.69) is 5.10 Å². The highest BCUT2D eigenvalue weighted by molar-refractivity contribution is 5.78. The molecule has 0 aromatic rings. The van der Waals surface area contributed by atoms with Crippen molar-refractivity contribution in [1.82, 2.24) is 0 Å². The minimum absolute atomic E-state index is 0.391. The van der Waals surface area contributed by atoms with Gasteiger partial charge in [0.2, 0.25) is 0 Å². The third-order valence-corrected chi connectivity index (χ3v) is 1.08. The van der Waals surface area contributed by atoms with Gasteiger partial charge in [0.15, 0.2) is 0 Å². The third-order valence-electron chi connectivity index (χ3n) is 1.08. The highest BCUT2D eigenvalue weighted by Crippen LogP contribution is 2.03. The summed E-state index contributed by atoms with van der Waals surface area (Å²) in [6.45, 7) is 4.06. The molecule has 0 unspecified atom stereocenters. The van der Waals surface area contributed by atoms with Gasteiger partial charge in [0, 0.05) is 0 Å². The number of nitrogens with two attached hydrogens (primary N) is 2. The molecule has 0 aliphatic heterocycles. The topological polar surface area (TPSA) is 64.4 Å². The Labute approximate surface area is 55.4 Å². The molecule has 0 aliphatic carbocycles. The van der Waals surface area contributed by atoms with E-state index in [1.165, 1.54) is 6.20 Å². The smallest absolute Gasteiger partial charge is 0.0514 e. The van der Waals surface area contributed by atoms with Crippen molar-refractivity contribution in [3.63, 3.8) is 0 Å². The molecular weight excluding hydrogens is 114 g/mol. The summed E-state index contributed by atoms with van der Waals surface area (Å²) in [7, 11) is 0. The van der Waals surface area contributed by atoms with E-state index in [0.717, 1.165) is 5.57 Å². The summed E-state index contributed by atoms with van der Waals surface area (Å²) < 4.78 is 0. The van der Waals surface area contributed by atoms with Gasteiger partial charge in [-0.15, -0.1) is 0 Å². The Morgan fingerprint density at radius 3 is 2.22 bits per heavy atom. The highest BCUT2D eigenvalue weighted by atomic mass is 15.1. The number of hydrazone groups is 1. The van der Waals surface area contributed by atoms with Crippen molar-refractivity contribution in [2.24, 2.45) is 22.6 Å². The first kappa shape index (κ1) is 8.01. The van der Waals surface area contributed by atoms with Crippen molar-refractivity contribution in [3.8, 4) is 0 Å². The van der Waals surface area contributed by atoms with Crippen LogP contribution in [0.3, 0.4) is 0 Å². The molecular formula is C6H13N3. The number of allylic oxidation sites excluding steroid dienone is 1. The van der Waals surface area contributed by atoms with Gasteiger partial charge >= 0.3 is 0 Å². The van der Waals surface area contributed by atoms with Crippen molar-refractivity contribution in [2.45, 2.75) is 13.8 Å². The number of rotatable bonds is 2. The fourth-order valence-corrected chi connectivity index (χ4v) is 0.471. The molecule has 3 heteroatoms. The minimum Gasteiger partial charge on any atom is -0.404 e. The Morgan fingerprint density at radius 1 is 1.56 bits per heavy atom. The van der Waals surface area contributed by atoms with E-state index in [0.29, 0.717) is 5.92 Å². The molecule has 0 rings (SSSR count). The Bertz CT molecular complexity index is 124. The van der Waals surface area contributed by atoms with Crippen LogP contribution in [0, 0.1) is 5.92 Å². The van der Waals surface area contributed by atoms with E-state index >= 15 is 0 Å². The molecule has 0 aromatic carbocycles. The Balaban J connectivity index is 4.01. The maximum absolute atomic E-state index is 5.25. The molecule has 0 atom stereocenters. The lowest BCUT2D eigenvalue weighted by Gasteiger charge is -2.01. The molecule has 9 heavy (non-hydrogen) atoms. The maximum Gasteiger partial charge on any atom is 0.0514 e. The lowest BCUT2D eigenvalue weighted by atomic mass is 10.1. The lowest BCUT2D eigenvalue weighted by Crippen LogP contribution is -2.00. The highest BCUT2D eigenvalue weighted by Gasteiger charge is 1.96. The van der Waals surface area contributed by atoms with E-state index in [1.54, 1.807) is 6.21 Å². The minimum atomic E-state index is 0.391. The maximum atomic E-state index is 5.25. The van der Waals surface area contributed by atoms with Crippen LogP contribution in [-0.2, 0) is 0 Å². The van der Waals surface area contributed by atoms with Crippen LogP contribution >= 0.6 is 0 Å². The first-order valence-electron chi connectivity index (χ1n) is 2.87. The fraction of sp³-hybridized carbons (Fsp3) is 0.500. The molecule has 4 N–H and O–H groups in total. The summed E-state index contributed by atoms with van der Waals surface area (Å²) in [6, 6.07) is 0. The van der Waals surface area contributed by atoms with Crippen molar-refractivity contribution >= 4 is 6.21 Å². The molecule has 0 fully saturated rings. The van der Waals surface area contributed by atoms with Crippen LogP contribution in [0.1, 0.15) is 13.8 Å². The number of hydrogen-bond donors (Lipinski definition) is 2. The zero-order valence-corrected chi connectivity index (χ0v) is 5.83. The summed E-state index contributed by atoms with van der Waals surface area (Å²) in [4.78, 5) is 0. The quantitative estimate of drug-likeness (QED) is 0.321. The van der Waals surface area contributed by atoms with Gasteiger partial charge < -0.3 is 11.6 Å². The second kappa shape index (κ2) is 3.95. The normalized spacial score (nSPS) is 13.4. The number of nitrogens with zero attached hydrogens (tertiary/aromatic N) is 1. The molecule has 0 aromatic heterocycles. The van der Waals surface area contributed by atoms with E-state index in [-0.39, 0.29) is 0 Å². The summed E-state index contributed by atoms with van der Waals surface area (Å²) in [6.07, 6.45) is 3.08. The van der Waals surface area contributed by atoms with Crippen LogP contribution in [0.4, 0.5) is 0 Å². The Hall–Kier alpha value is -0.990. The van der Waals surface area contributed by atoms with Gasteiger partial charge in [-0.3, -0.25) is 0 Å². The number of hydrogen-bond acceptors (Lipinski definition) is 3. The van der Waals surface area contributed by atoms with Gasteiger partial charge in [-0.25, -0.2) is 0 Å². The first-order valence-corrected chi connectivity index (χ1v) is 2.87. The molecule has 3 nitrogen and oxygen atoms in total. The largest absolute Gasteiger partial charge is 0.404 e. The van der Waals surface area contributed by atoms with Crippen LogP contribution in [0.5, 0.6) is 0 Å². The monoisotopic (exact) mass is 127 g/mol. The predicted octanol–water partition coefficient (Wildman–Crippen LogP) is 0.430. The zero-order valence-electron chi connectivity index (χ0n) is 5.83. The van der Waals surface area contributed by atoms with Gasteiger partial charge in [0.25, 0.3) is 0 Å². The zero-order chi connectivity index (χ0) is 7.28. The Morgan fingerprint density at radius 2 is 2.11 bits per heavy atom. The van der Waals surface area contributed by atoms with Crippen LogP contribution in [0.15, 0.2) is 16.9 Å². The molecule has 0 saturated carbocycles. The summed E-state index contributed by atoms with van der Waals surface area (Å²) >= 11 is 0. The molecule has 0 spiro atoms. The van der Waals surface area contributed by atoms with Crippen molar-refractivity contribution < 1.29 is 0 Å². The second-order valence-electron chi connectivity index (χ2n) is 2.10. The Kier molecular flexibility index (Phi) is 3.51. The third kappa shape index (κ3) is 2.74. The van der Waals surface area contributed by atoms with Crippen molar-refractivity contribution in [1.29, 1.82) is 0 Å².